The summed E-state index contributed by atoms with van der Waals surface area (Å²) in [4.78, 5) is 27.2. The molecule has 110 valence electrons. The van der Waals surface area contributed by atoms with E-state index in [0.717, 1.165) is 6.42 Å². The van der Waals surface area contributed by atoms with Crippen molar-refractivity contribution >= 4 is 11.9 Å². The summed E-state index contributed by atoms with van der Waals surface area (Å²) in [6, 6.07) is 0. The van der Waals surface area contributed by atoms with E-state index in [0.29, 0.717) is 18.2 Å². The smallest absolute Gasteiger partial charge is 0.376 e. The minimum Gasteiger partial charge on any atom is -0.464 e. The quantitative estimate of drug-likeness (QED) is 0.771. The molecule has 0 bridgehead atoms. The molecule has 1 fully saturated rings. The Bertz CT molecular complexity index is 454. The molecule has 0 amide bonds. The lowest BCUT2D eigenvalue weighted by atomic mass is 10.0. The third-order valence-corrected chi connectivity index (χ3v) is 3.66. The van der Waals surface area contributed by atoms with Crippen LogP contribution >= 0.6 is 0 Å². The van der Waals surface area contributed by atoms with Crippen LogP contribution < -0.4 is 0 Å². The fourth-order valence-corrected chi connectivity index (χ4v) is 2.56. The molecule has 0 N–H and O–H groups in total. The van der Waals surface area contributed by atoms with E-state index in [-0.39, 0.29) is 11.5 Å². The van der Waals surface area contributed by atoms with Crippen LogP contribution in [-0.2, 0) is 15.9 Å². The summed E-state index contributed by atoms with van der Waals surface area (Å²) in [5.41, 5.74) is -0.110. The third-order valence-electron chi connectivity index (χ3n) is 3.66. The second-order valence-corrected chi connectivity index (χ2v) is 4.96. The van der Waals surface area contributed by atoms with Crippen LogP contribution in [0.5, 0.6) is 0 Å². The molecule has 6 heteroatoms. The van der Waals surface area contributed by atoms with Gasteiger partial charge in [-0.15, -0.1) is 0 Å². The van der Waals surface area contributed by atoms with Gasteiger partial charge in [-0.05, 0) is 12.3 Å². The number of hydrogen-bond donors (Lipinski definition) is 0. The predicted octanol–water partition coefficient (Wildman–Crippen LogP) is 2.37. The zero-order valence-corrected chi connectivity index (χ0v) is 11.8. The number of rotatable bonds is 5. The van der Waals surface area contributed by atoms with Crippen molar-refractivity contribution in [1.82, 2.24) is 4.98 Å². The molecule has 1 aromatic rings. The van der Waals surface area contributed by atoms with Crippen molar-refractivity contribution in [3.05, 3.63) is 17.3 Å². The summed E-state index contributed by atoms with van der Waals surface area (Å²) in [6.45, 7) is 0. The molecule has 1 aromatic heterocycles. The third kappa shape index (κ3) is 3.18. The predicted molar refractivity (Wildman–Crippen MR) is 69.5 cm³/mol. The molecule has 0 aliphatic heterocycles. The van der Waals surface area contributed by atoms with Crippen LogP contribution in [0.15, 0.2) is 4.42 Å². The van der Waals surface area contributed by atoms with Crippen LogP contribution in [0, 0.1) is 5.92 Å². The Kier molecular flexibility index (Phi) is 4.76. The number of carbonyl (C=O) groups excluding carboxylic acids is 2. The number of carbonyl (C=O) groups is 2. The first-order valence-electron chi connectivity index (χ1n) is 6.82. The monoisotopic (exact) mass is 281 g/mol. The number of aryl methyl sites for hydroxylation is 1. The first-order valence-corrected chi connectivity index (χ1v) is 6.82. The summed E-state index contributed by atoms with van der Waals surface area (Å²) in [7, 11) is 2.46. The molecule has 1 heterocycles. The normalized spacial score (nSPS) is 15.3. The van der Waals surface area contributed by atoms with Gasteiger partial charge in [-0.2, -0.15) is 0 Å². The Balaban J connectivity index is 2.10. The minimum atomic E-state index is -0.718. The van der Waals surface area contributed by atoms with Crippen molar-refractivity contribution in [2.45, 2.75) is 38.5 Å². The fraction of sp³-hybridized carbons (Fsp3) is 0.643. The lowest BCUT2D eigenvalue weighted by molar-refractivity contribution is 0.0525. The highest BCUT2D eigenvalue weighted by atomic mass is 16.5. The van der Waals surface area contributed by atoms with E-state index < -0.39 is 11.9 Å². The maximum Gasteiger partial charge on any atom is 0.376 e. The van der Waals surface area contributed by atoms with Gasteiger partial charge in [-0.3, -0.25) is 0 Å². The van der Waals surface area contributed by atoms with Crippen LogP contribution in [0.25, 0.3) is 0 Å². The van der Waals surface area contributed by atoms with E-state index in [2.05, 4.69) is 14.5 Å². The Hall–Kier alpha value is -1.85. The Morgan fingerprint density at radius 2 is 1.85 bits per heavy atom. The van der Waals surface area contributed by atoms with Crippen LogP contribution in [0.4, 0.5) is 0 Å². The average Bonchev–Trinajstić information content (AvgIpc) is 3.12. The van der Waals surface area contributed by atoms with Crippen LogP contribution in [-0.4, -0.2) is 31.1 Å². The summed E-state index contributed by atoms with van der Waals surface area (Å²) in [5, 5.41) is 0. The molecule has 1 saturated carbocycles. The number of esters is 2. The van der Waals surface area contributed by atoms with Crippen LogP contribution in [0.2, 0.25) is 0 Å². The molecule has 0 atom stereocenters. The molecule has 0 unspecified atom stereocenters. The number of nitrogens with zero attached hydrogens (tertiary/aromatic N) is 1. The number of ether oxygens (including phenoxy) is 2. The van der Waals surface area contributed by atoms with Crippen LogP contribution in [0.3, 0.4) is 0 Å². The standard InChI is InChI=1S/C14H19NO5/c1-18-13(16)11-12(14(17)19-2)20-10(15-11)8-7-9-5-3-4-6-9/h9H,3-8H2,1-2H3. The highest BCUT2D eigenvalue weighted by Gasteiger charge is 2.27. The molecule has 20 heavy (non-hydrogen) atoms. The van der Waals surface area contributed by atoms with Gasteiger partial charge in [0.1, 0.15) is 0 Å². The van der Waals surface area contributed by atoms with Crippen molar-refractivity contribution in [2.75, 3.05) is 14.2 Å². The Morgan fingerprint density at radius 3 is 2.45 bits per heavy atom. The minimum absolute atomic E-state index is 0.110. The SMILES string of the molecule is COC(=O)c1nc(CCC2CCCC2)oc1C(=O)OC. The molecule has 0 saturated heterocycles. The van der Waals surface area contributed by atoms with E-state index in [1.54, 1.807) is 0 Å². The van der Waals surface area contributed by atoms with Crippen molar-refractivity contribution in [2.24, 2.45) is 5.92 Å². The molecule has 1 aliphatic rings. The molecule has 0 radical (unpaired) electrons. The topological polar surface area (TPSA) is 78.6 Å². The Labute approximate surface area is 117 Å². The van der Waals surface area contributed by atoms with Gasteiger partial charge < -0.3 is 13.9 Å². The van der Waals surface area contributed by atoms with Gasteiger partial charge in [0.15, 0.2) is 5.89 Å². The van der Waals surface area contributed by atoms with E-state index >= 15 is 0 Å². The van der Waals surface area contributed by atoms with Gasteiger partial charge in [0.05, 0.1) is 14.2 Å². The summed E-state index contributed by atoms with van der Waals surface area (Å²) in [6.07, 6.45) is 6.59. The van der Waals surface area contributed by atoms with E-state index in [9.17, 15) is 9.59 Å². The fourth-order valence-electron chi connectivity index (χ4n) is 2.56. The van der Waals surface area contributed by atoms with Crippen molar-refractivity contribution in [3.63, 3.8) is 0 Å². The van der Waals surface area contributed by atoms with Gasteiger partial charge in [0, 0.05) is 6.42 Å². The van der Waals surface area contributed by atoms with Crippen molar-refractivity contribution < 1.29 is 23.5 Å². The van der Waals surface area contributed by atoms with E-state index in [1.807, 2.05) is 0 Å². The highest BCUT2D eigenvalue weighted by molar-refractivity contribution is 5.99. The molecule has 0 aromatic carbocycles. The second kappa shape index (κ2) is 6.54. The van der Waals surface area contributed by atoms with Crippen LogP contribution in [0.1, 0.15) is 59.0 Å². The lowest BCUT2D eigenvalue weighted by Crippen LogP contribution is -2.10. The Morgan fingerprint density at radius 1 is 1.20 bits per heavy atom. The zero-order chi connectivity index (χ0) is 14.5. The van der Waals surface area contributed by atoms with Gasteiger partial charge in [-0.25, -0.2) is 14.6 Å². The van der Waals surface area contributed by atoms with Gasteiger partial charge >= 0.3 is 11.9 Å². The summed E-state index contributed by atoms with van der Waals surface area (Å²) in [5.74, 6) is -0.519. The number of aromatic nitrogens is 1. The highest BCUT2D eigenvalue weighted by Crippen LogP contribution is 2.29. The number of methoxy groups -OCH3 is 2. The van der Waals surface area contributed by atoms with E-state index in [4.69, 9.17) is 4.42 Å². The van der Waals surface area contributed by atoms with Crippen molar-refractivity contribution in [3.8, 4) is 0 Å². The zero-order valence-electron chi connectivity index (χ0n) is 11.8. The van der Waals surface area contributed by atoms with E-state index in [1.165, 1.54) is 39.9 Å². The molecular formula is C14H19NO5. The lowest BCUT2D eigenvalue weighted by Gasteiger charge is -2.05. The van der Waals surface area contributed by atoms with Gasteiger partial charge in [-0.1, -0.05) is 25.7 Å². The summed E-state index contributed by atoms with van der Waals surface area (Å²) < 4.78 is 14.5. The summed E-state index contributed by atoms with van der Waals surface area (Å²) >= 11 is 0. The average molecular weight is 281 g/mol. The molecule has 0 spiro atoms. The molecule has 6 nitrogen and oxygen atoms in total. The van der Waals surface area contributed by atoms with Gasteiger partial charge in [0.2, 0.25) is 11.5 Å². The van der Waals surface area contributed by atoms with Gasteiger partial charge in [0.25, 0.3) is 0 Å². The largest absolute Gasteiger partial charge is 0.464 e. The first-order chi connectivity index (χ1) is 9.65. The number of hydrogen-bond acceptors (Lipinski definition) is 6. The maximum atomic E-state index is 11.6. The maximum absolute atomic E-state index is 11.6. The number of oxazole rings is 1. The second-order valence-electron chi connectivity index (χ2n) is 4.96. The first kappa shape index (κ1) is 14.6. The molecule has 1 aliphatic carbocycles. The molecule has 2 rings (SSSR count). The molecular weight excluding hydrogens is 262 g/mol. The van der Waals surface area contributed by atoms with Crippen molar-refractivity contribution in [1.29, 1.82) is 0 Å².